The maximum atomic E-state index is 12.6. The van der Waals surface area contributed by atoms with Gasteiger partial charge in [0.2, 0.25) is 0 Å². The maximum absolute atomic E-state index is 12.6. The van der Waals surface area contributed by atoms with Crippen LogP contribution in [0.3, 0.4) is 0 Å². The van der Waals surface area contributed by atoms with Gasteiger partial charge in [0, 0.05) is 24.7 Å². The van der Waals surface area contributed by atoms with Crippen LogP contribution in [-0.2, 0) is 13.6 Å². The molecule has 9 heteroatoms. The van der Waals surface area contributed by atoms with E-state index in [1.165, 1.54) is 46.0 Å². The third kappa shape index (κ3) is 3.17. The summed E-state index contributed by atoms with van der Waals surface area (Å²) >= 11 is 0. The summed E-state index contributed by atoms with van der Waals surface area (Å²) in [6, 6.07) is 5.25. The van der Waals surface area contributed by atoms with E-state index in [0.717, 1.165) is 0 Å². The van der Waals surface area contributed by atoms with Crippen molar-refractivity contribution in [2.75, 3.05) is 0 Å². The largest absolute Gasteiger partial charge is 0.573 e. The van der Waals surface area contributed by atoms with Crippen LogP contribution in [0, 0.1) is 0 Å². The Bertz CT molecular complexity index is 914. The third-order valence-electron chi connectivity index (χ3n) is 3.16. The second-order valence-electron chi connectivity index (χ2n) is 4.83. The van der Waals surface area contributed by atoms with Crippen LogP contribution in [-0.4, -0.2) is 25.9 Å². The van der Waals surface area contributed by atoms with Crippen molar-refractivity contribution >= 4 is 10.9 Å². The number of nitrogens with zero attached hydrogens (tertiary/aromatic N) is 4. The number of pyridine rings is 1. The number of fused-ring (bicyclic) bond motifs is 1. The lowest BCUT2D eigenvalue weighted by Crippen LogP contribution is -2.19. The van der Waals surface area contributed by atoms with Gasteiger partial charge in [-0.1, -0.05) is 6.07 Å². The number of alkyl halides is 3. The molecule has 2 aromatic heterocycles. The van der Waals surface area contributed by atoms with Crippen molar-refractivity contribution in [1.29, 1.82) is 0 Å². The van der Waals surface area contributed by atoms with E-state index in [0.29, 0.717) is 5.69 Å². The zero-order chi connectivity index (χ0) is 16.6. The summed E-state index contributed by atoms with van der Waals surface area (Å²) in [7, 11) is 1.63. The van der Waals surface area contributed by atoms with E-state index in [-0.39, 0.29) is 22.9 Å². The van der Waals surface area contributed by atoms with Crippen LogP contribution in [0.25, 0.3) is 10.9 Å². The number of benzene rings is 1. The highest BCUT2D eigenvalue weighted by molar-refractivity contribution is 5.84. The number of aryl methyl sites for hydroxylation is 1. The van der Waals surface area contributed by atoms with E-state index in [4.69, 9.17) is 0 Å². The van der Waals surface area contributed by atoms with Crippen LogP contribution in [0.4, 0.5) is 13.2 Å². The van der Waals surface area contributed by atoms with Gasteiger partial charge in [-0.15, -0.1) is 13.2 Å². The second-order valence-corrected chi connectivity index (χ2v) is 4.83. The fourth-order valence-electron chi connectivity index (χ4n) is 2.31. The number of aromatic nitrogens is 4. The minimum Gasteiger partial charge on any atom is -0.404 e. The Morgan fingerprint density at radius 3 is 2.70 bits per heavy atom. The normalized spacial score (nSPS) is 11.8. The fraction of sp³-hybridized carbons (Fsp3) is 0.214. The molecule has 3 rings (SSSR count). The van der Waals surface area contributed by atoms with Crippen LogP contribution >= 0.6 is 0 Å². The Kier molecular flexibility index (Phi) is 3.55. The smallest absolute Gasteiger partial charge is 0.404 e. The first kappa shape index (κ1) is 15.1. The highest BCUT2D eigenvalue weighted by atomic mass is 19.4. The molecule has 0 saturated carbocycles. The Hall–Kier alpha value is -2.84. The lowest BCUT2D eigenvalue weighted by atomic mass is 10.2. The maximum Gasteiger partial charge on any atom is 0.573 e. The molecule has 0 spiro atoms. The molecule has 0 saturated heterocycles. The summed E-state index contributed by atoms with van der Waals surface area (Å²) in [4.78, 5) is 13.3. The number of ether oxygens (including phenoxy) is 1. The van der Waals surface area contributed by atoms with Crippen molar-refractivity contribution in [2.24, 2.45) is 7.05 Å². The lowest BCUT2D eigenvalue weighted by Gasteiger charge is -2.15. The summed E-state index contributed by atoms with van der Waals surface area (Å²) in [6.07, 6.45) is -1.95. The average molecular weight is 324 g/mol. The number of hydrogen-bond acceptors (Lipinski definition) is 4. The van der Waals surface area contributed by atoms with E-state index in [9.17, 15) is 18.0 Å². The van der Waals surface area contributed by atoms with Gasteiger partial charge >= 0.3 is 6.36 Å². The van der Waals surface area contributed by atoms with Crippen LogP contribution in [0.5, 0.6) is 5.75 Å². The van der Waals surface area contributed by atoms with Gasteiger partial charge in [-0.25, -0.2) is 0 Å². The van der Waals surface area contributed by atoms with E-state index < -0.39 is 12.1 Å². The van der Waals surface area contributed by atoms with Gasteiger partial charge in [-0.3, -0.25) is 4.79 Å². The number of halogens is 3. The van der Waals surface area contributed by atoms with E-state index in [1.807, 2.05) is 0 Å². The molecule has 120 valence electrons. The molecule has 0 unspecified atom stereocenters. The minimum atomic E-state index is -4.85. The summed E-state index contributed by atoms with van der Waals surface area (Å²) in [5.74, 6) is -0.434. The van der Waals surface area contributed by atoms with Gasteiger partial charge in [-0.2, -0.15) is 15.0 Å². The number of rotatable bonds is 3. The molecule has 0 amide bonds. The van der Waals surface area contributed by atoms with Gasteiger partial charge in [0.1, 0.15) is 5.69 Å². The zero-order valence-corrected chi connectivity index (χ0v) is 11.9. The van der Waals surface area contributed by atoms with Crippen molar-refractivity contribution in [3.8, 4) is 5.75 Å². The predicted octanol–water partition coefficient (Wildman–Crippen LogP) is 2.08. The standard InChI is InChI=1S/C14H11F3N4O2/c1-20-18-7-9(19-20)8-21-6-5-11(22)10-3-2-4-12(13(10)21)23-14(15,16)17/h2-7H,8H2,1H3. The van der Waals surface area contributed by atoms with Crippen molar-refractivity contribution in [1.82, 2.24) is 19.6 Å². The van der Waals surface area contributed by atoms with Crippen molar-refractivity contribution in [3.63, 3.8) is 0 Å². The fourth-order valence-corrected chi connectivity index (χ4v) is 2.31. The molecule has 0 atom stereocenters. The zero-order valence-electron chi connectivity index (χ0n) is 11.9. The second kappa shape index (κ2) is 5.41. The van der Waals surface area contributed by atoms with Crippen LogP contribution < -0.4 is 10.2 Å². The summed E-state index contributed by atoms with van der Waals surface area (Å²) in [6.45, 7) is 0.156. The molecule has 0 aliphatic heterocycles. The third-order valence-corrected chi connectivity index (χ3v) is 3.16. The quantitative estimate of drug-likeness (QED) is 0.740. The van der Waals surface area contributed by atoms with E-state index >= 15 is 0 Å². The molecule has 2 heterocycles. The molecule has 0 aliphatic carbocycles. The molecule has 1 aromatic carbocycles. The summed E-state index contributed by atoms with van der Waals surface area (Å²) < 4.78 is 43.3. The summed E-state index contributed by atoms with van der Waals surface area (Å²) in [5, 5.41) is 8.13. The molecular formula is C14H11F3N4O2. The number of hydrogen-bond donors (Lipinski definition) is 0. The van der Waals surface area contributed by atoms with Crippen LogP contribution in [0.2, 0.25) is 0 Å². The van der Waals surface area contributed by atoms with Crippen LogP contribution in [0.1, 0.15) is 5.69 Å². The van der Waals surface area contributed by atoms with Gasteiger partial charge in [0.15, 0.2) is 11.2 Å². The van der Waals surface area contributed by atoms with Crippen molar-refractivity contribution in [2.45, 2.75) is 12.9 Å². The SMILES string of the molecule is Cn1ncc(Cn2ccc(=O)c3cccc(OC(F)(F)F)c32)n1. The first-order valence-electron chi connectivity index (χ1n) is 6.56. The van der Waals surface area contributed by atoms with E-state index in [2.05, 4.69) is 14.9 Å². The average Bonchev–Trinajstić information content (AvgIpc) is 2.86. The lowest BCUT2D eigenvalue weighted by molar-refractivity contribution is -0.274. The Morgan fingerprint density at radius 1 is 1.26 bits per heavy atom. The van der Waals surface area contributed by atoms with Crippen LogP contribution in [0.15, 0.2) is 41.5 Å². The Morgan fingerprint density at radius 2 is 2.04 bits per heavy atom. The Balaban J connectivity index is 2.17. The molecule has 3 aromatic rings. The molecule has 0 N–H and O–H groups in total. The monoisotopic (exact) mass is 324 g/mol. The van der Waals surface area contributed by atoms with Crippen molar-refractivity contribution < 1.29 is 17.9 Å². The van der Waals surface area contributed by atoms with Gasteiger partial charge < -0.3 is 9.30 Å². The topological polar surface area (TPSA) is 61.9 Å². The number of para-hydroxylation sites is 1. The first-order valence-corrected chi connectivity index (χ1v) is 6.56. The van der Waals surface area contributed by atoms with Gasteiger partial charge in [0.05, 0.1) is 18.3 Å². The minimum absolute atomic E-state index is 0.0583. The van der Waals surface area contributed by atoms with E-state index in [1.54, 1.807) is 7.05 Å². The molecular weight excluding hydrogens is 313 g/mol. The molecule has 0 fully saturated rings. The molecule has 0 aliphatic rings. The highest BCUT2D eigenvalue weighted by Gasteiger charge is 2.32. The highest BCUT2D eigenvalue weighted by Crippen LogP contribution is 2.29. The summed E-state index contributed by atoms with van der Waals surface area (Å²) in [5.41, 5.74) is 0.213. The molecule has 23 heavy (non-hydrogen) atoms. The van der Waals surface area contributed by atoms with Crippen molar-refractivity contribution in [3.05, 3.63) is 52.6 Å². The van der Waals surface area contributed by atoms with Gasteiger partial charge in [-0.05, 0) is 12.1 Å². The molecule has 0 radical (unpaired) electrons. The molecule has 0 bridgehead atoms. The first-order chi connectivity index (χ1) is 10.8. The predicted molar refractivity (Wildman–Crippen MR) is 75.0 cm³/mol. The van der Waals surface area contributed by atoms with Gasteiger partial charge in [0.25, 0.3) is 0 Å². The Labute approximate surface area is 127 Å². The molecule has 6 nitrogen and oxygen atoms in total.